The van der Waals surface area contributed by atoms with Gasteiger partial charge < -0.3 is 15.1 Å². The number of hydrogen-bond donors (Lipinski definition) is 1. The quantitative estimate of drug-likeness (QED) is 0.869. The molecule has 1 saturated carbocycles. The Morgan fingerprint density at radius 1 is 1.16 bits per heavy atom. The van der Waals surface area contributed by atoms with Crippen molar-refractivity contribution in [2.24, 2.45) is 7.05 Å². The summed E-state index contributed by atoms with van der Waals surface area (Å²) in [5, 5.41) is 8.25. The summed E-state index contributed by atoms with van der Waals surface area (Å²) < 4.78 is 2.06. The van der Waals surface area contributed by atoms with Crippen molar-refractivity contribution in [1.29, 1.82) is 0 Å². The highest BCUT2D eigenvalue weighted by molar-refractivity contribution is 5.50. The van der Waals surface area contributed by atoms with Crippen LogP contribution in [0.5, 0.6) is 0 Å². The summed E-state index contributed by atoms with van der Waals surface area (Å²) in [4.78, 5) is 4.88. The highest BCUT2D eigenvalue weighted by atomic mass is 15.4. The lowest BCUT2D eigenvalue weighted by atomic mass is 10.2. The first kappa shape index (κ1) is 12.9. The van der Waals surface area contributed by atoms with Gasteiger partial charge in [0.2, 0.25) is 0 Å². The van der Waals surface area contributed by atoms with Gasteiger partial charge in [-0.3, -0.25) is 4.68 Å². The number of piperazine rings is 1. The molecule has 1 aliphatic carbocycles. The van der Waals surface area contributed by atoms with Crippen molar-refractivity contribution in [3.8, 4) is 0 Å². The second-order valence-corrected chi connectivity index (χ2v) is 5.96. The topological polar surface area (TPSA) is 36.3 Å². The summed E-state index contributed by atoms with van der Waals surface area (Å²) >= 11 is 0. The number of rotatable bonds is 4. The molecule has 0 radical (unpaired) electrons. The van der Waals surface area contributed by atoms with E-state index in [-0.39, 0.29) is 0 Å². The van der Waals surface area contributed by atoms with E-state index >= 15 is 0 Å². The summed E-state index contributed by atoms with van der Waals surface area (Å²) in [6, 6.07) is 0.750. The monoisotopic (exact) mass is 263 g/mol. The molecular weight excluding hydrogens is 238 g/mol. The fourth-order valence-corrected chi connectivity index (χ4v) is 2.84. The number of likely N-dealkylation sites (N-methyl/N-ethyl adjacent to an activating group) is 1. The van der Waals surface area contributed by atoms with E-state index in [0.717, 1.165) is 38.8 Å². The molecule has 3 rings (SSSR count). The van der Waals surface area contributed by atoms with Crippen molar-refractivity contribution in [1.82, 2.24) is 20.0 Å². The molecule has 5 nitrogen and oxygen atoms in total. The van der Waals surface area contributed by atoms with Gasteiger partial charge in [0.1, 0.15) is 5.82 Å². The van der Waals surface area contributed by atoms with Crippen LogP contribution < -0.4 is 10.2 Å². The zero-order valence-electron chi connectivity index (χ0n) is 12.3. The van der Waals surface area contributed by atoms with Crippen molar-refractivity contribution < 1.29 is 0 Å². The van der Waals surface area contributed by atoms with Crippen LogP contribution in [0.2, 0.25) is 0 Å². The Kier molecular flexibility index (Phi) is 3.50. The minimum absolute atomic E-state index is 0.750. The Bertz CT molecular complexity index is 441. The molecule has 106 valence electrons. The number of anilines is 1. The van der Waals surface area contributed by atoms with Gasteiger partial charge in [0.15, 0.2) is 0 Å². The average Bonchev–Trinajstić information content (AvgIpc) is 3.15. The van der Waals surface area contributed by atoms with Crippen LogP contribution in [0.1, 0.15) is 24.1 Å². The smallest absolute Gasteiger partial charge is 0.131 e. The van der Waals surface area contributed by atoms with Crippen LogP contribution in [-0.4, -0.2) is 53.9 Å². The molecule has 2 fully saturated rings. The molecule has 1 aromatic rings. The molecule has 2 heterocycles. The standard InChI is InChI=1S/C14H25N5/c1-11-13(10-15-12-4-5-12)14(18(3)16-11)19-8-6-17(2)7-9-19/h12,15H,4-10H2,1-3H3. The second kappa shape index (κ2) is 5.13. The normalized spacial score (nSPS) is 21.1. The molecule has 5 heteroatoms. The Morgan fingerprint density at radius 3 is 2.47 bits per heavy atom. The van der Waals surface area contributed by atoms with E-state index in [1.54, 1.807) is 0 Å². The Hall–Kier alpha value is -1.07. The van der Waals surface area contributed by atoms with Crippen LogP contribution in [0.4, 0.5) is 5.82 Å². The molecular formula is C14H25N5. The van der Waals surface area contributed by atoms with Gasteiger partial charge in [0.05, 0.1) is 5.69 Å². The van der Waals surface area contributed by atoms with Crippen molar-refractivity contribution in [3.05, 3.63) is 11.3 Å². The van der Waals surface area contributed by atoms with E-state index in [4.69, 9.17) is 0 Å². The van der Waals surface area contributed by atoms with Gasteiger partial charge >= 0.3 is 0 Å². The lowest BCUT2D eigenvalue weighted by Crippen LogP contribution is -2.45. The average molecular weight is 263 g/mol. The highest BCUT2D eigenvalue weighted by Crippen LogP contribution is 2.26. The van der Waals surface area contributed by atoms with Crippen LogP contribution in [0, 0.1) is 6.92 Å². The molecule has 0 spiro atoms. The third-order valence-corrected chi connectivity index (χ3v) is 4.26. The van der Waals surface area contributed by atoms with Crippen LogP contribution in [-0.2, 0) is 13.6 Å². The fourth-order valence-electron chi connectivity index (χ4n) is 2.84. The summed E-state index contributed by atoms with van der Waals surface area (Å²) in [5.74, 6) is 1.32. The third kappa shape index (κ3) is 2.77. The maximum absolute atomic E-state index is 4.62. The number of hydrogen-bond acceptors (Lipinski definition) is 4. The summed E-state index contributed by atoms with van der Waals surface area (Å²) in [6.07, 6.45) is 2.67. The molecule has 19 heavy (non-hydrogen) atoms. The second-order valence-electron chi connectivity index (χ2n) is 5.96. The van der Waals surface area contributed by atoms with Crippen molar-refractivity contribution in [2.75, 3.05) is 38.1 Å². The largest absolute Gasteiger partial charge is 0.354 e. The summed E-state index contributed by atoms with van der Waals surface area (Å²) in [5.41, 5.74) is 2.56. The van der Waals surface area contributed by atoms with Crippen molar-refractivity contribution >= 4 is 5.82 Å². The van der Waals surface area contributed by atoms with Gasteiger partial charge in [-0.05, 0) is 26.8 Å². The number of aryl methyl sites for hydroxylation is 2. The first-order valence-electron chi connectivity index (χ1n) is 7.34. The SMILES string of the molecule is Cc1nn(C)c(N2CCN(C)CC2)c1CNC1CC1. The zero-order chi connectivity index (χ0) is 13.4. The zero-order valence-corrected chi connectivity index (χ0v) is 12.3. The lowest BCUT2D eigenvalue weighted by Gasteiger charge is -2.34. The van der Waals surface area contributed by atoms with Gasteiger partial charge in [-0.1, -0.05) is 0 Å². The van der Waals surface area contributed by atoms with E-state index in [1.807, 2.05) is 0 Å². The van der Waals surface area contributed by atoms with Crippen molar-refractivity contribution in [2.45, 2.75) is 32.4 Å². The van der Waals surface area contributed by atoms with E-state index < -0.39 is 0 Å². The Balaban J connectivity index is 1.77. The molecule has 1 aromatic heterocycles. The summed E-state index contributed by atoms with van der Waals surface area (Å²) in [6.45, 7) is 7.58. The summed E-state index contributed by atoms with van der Waals surface area (Å²) in [7, 11) is 4.27. The first-order valence-corrected chi connectivity index (χ1v) is 7.34. The molecule has 1 saturated heterocycles. The van der Waals surface area contributed by atoms with E-state index in [0.29, 0.717) is 0 Å². The van der Waals surface area contributed by atoms with Crippen LogP contribution in [0.15, 0.2) is 0 Å². The predicted molar refractivity (Wildman–Crippen MR) is 77.5 cm³/mol. The molecule has 1 aliphatic heterocycles. The molecule has 0 bridgehead atoms. The van der Waals surface area contributed by atoms with Gasteiger partial charge in [0.25, 0.3) is 0 Å². The molecule has 2 aliphatic rings. The maximum Gasteiger partial charge on any atom is 0.131 e. The van der Waals surface area contributed by atoms with Crippen LogP contribution in [0.25, 0.3) is 0 Å². The first-order chi connectivity index (χ1) is 9.15. The van der Waals surface area contributed by atoms with E-state index in [1.165, 1.54) is 29.9 Å². The molecule has 0 atom stereocenters. The van der Waals surface area contributed by atoms with Crippen LogP contribution in [0.3, 0.4) is 0 Å². The highest BCUT2D eigenvalue weighted by Gasteiger charge is 2.25. The Labute approximate surface area is 115 Å². The van der Waals surface area contributed by atoms with Gasteiger partial charge in [-0.25, -0.2) is 0 Å². The fraction of sp³-hybridized carbons (Fsp3) is 0.786. The predicted octanol–water partition coefficient (Wildman–Crippen LogP) is 0.732. The Morgan fingerprint density at radius 2 is 1.84 bits per heavy atom. The van der Waals surface area contributed by atoms with Gasteiger partial charge in [-0.2, -0.15) is 5.10 Å². The number of nitrogens with one attached hydrogen (secondary N) is 1. The van der Waals surface area contributed by atoms with E-state index in [2.05, 4.69) is 45.9 Å². The molecule has 0 amide bonds. The minimum Gasteiger partial charge on any atom is -0.354 e. The van der Waals surface area contributed by atoms with Crippen molar-refractivity contribution in [3.63, 3.8) is 0 Å². The number of aromatic nitrogens is 2. The maximum atomic E-state index is 4.62. The van der Waals surface area contributed by atoms with Gasteiger partial charge in [0, 0.05) is 51.4 Å². The van der Waals surface area contributed by atoms with Gasteiger partial charge in [-0.15, -0.1) is 0 Å². The molecule has 0 aromatic carbocycles. The van der Waals surface area contributed by atoms with E-state index in [9.17, 15) is 0 Å². The third-order valence-electron chi connectivity index (χ3n) is 4.26. The molecule has 1 N–H and O–H groups in total. The lowest BCUT2D eigenvalue weighted by molar-refractivity contribution is 0.310. The minimum atomic E-state index is 0.750. The number of nitrogens with zero attached hydrogens (tertiary/aromatic N) is 4. The van der Waals surface area contributed by atoms with Crippen LogP contribution >= 0.6 is 0 Å². The molecule has 0 unspecified atom stereocenters.